The maximum absolute atomic E-state index is 12.5. The fraction of sp³-hybridized carbons (Fsp3) is 0.158. The third kappa shape index (κ3) is 6.73. The molecule has 0 aliphatic carbocycles. The lowest BCUT2D eigenvalue weighted by Crippen LogP contribution is -2.13. The van der Waals surface area contributed by atoms with Crippen LogP contribution in [0.1, 0.15) is 5.56 Å². The number of carbonyl (C=O) groups is 1. The topological polar surface area (TPSA) is 71.3 Å². The number of amides is 1. The van der Waals surface area contributed by atoms with Gasteiger partial charge in [0.15, 0.2) is 11.5 Å². The fourth-order valence-electron chi connectivity index (χ4n) is 2.20. The zero-order valence-corrected chi connectivity index (χ0v) is 15.7. The number of benzene rings is 2. The summed E-state index contributed by atoms with van der Waals surface area (Å²) in [6, 6.07) is 11.4. The Labute approximate surface area is 167 Å². The molecule has 0 radical (unpaired) electrons. The third-order valence-corrected chi connectivity index (χ3v) is 4.14. The minimum atomic E-state index is -3.08. The van der Waals surface area contributed by atoms with E-state index in [0.29, 0.717) is 22.3 Å². The number of ether oxygens (including phenoxy) is 2. The first kappa shape index (κ1) is 22.1. The minimum absolute atomic E-state index is 0.0622. The highest BCUT2D eigenvalue weighted by molar-refractivity contribution is 7.99. The predicted molar refractivity (Wildman–Crippen MR) is 100 cm³/mol. The number of carbonyl (C=O) groups excluding carboxylic acids is 1. The van der Waals surface area contributed by atoms with Crippen molar-refractivity contribution in [1.82, 2.24) is 0 Å². The number of thioether (sulfide) groups is 1. The molecule has 0 aromatic heterocycles. The summed E-state index contributed by atoms with van der Waals surface area (Å²) in [6.45, 7) is -3.08. The van der Waals surface area contributed by atoms with Crippen molar-refractivity contribution in [3.63, 3.8) is 0 Å². The van der Waals surface area contributed by atoms with Gasteiger partial charge in [-0.05, 0) is 48.0 Å². The summed E-state index contributed by atoms with van der Waals surface area (Å²) >= 11 is 0.362. The molecule has 29 heavy (non-hydrogen) atoms. The summed E-state index contributed by atoms with van der Waals surface area (Å²) in [7, 11) is 1.28. The summed E-state index contributed by atoms with van der Waals surface area (Å²) in [5.41, 5.74) is 0.257. The first-order chi connectivity index (χ1) is 13.8. The Morgan fingerprint density at radius 2 is 1.83 bits per heavy atom. The van der Waals surface area contributed by atoms with Gasteiger partial charge in [0, 0.05) is 10.6 Å². The second-order valence-corrected chi connectivity index (χ2v) is 6.38. The van der Waals surface area contributed by atoms with E-state index in [1.807, 2.05) is 0 Å². The van der Waals surface area contributed by atoms with E-state index in [0.717, 1.165) is 0 Å². The molecule has 1 amide bonds. The Morgan fingerprint density at radius 1 is 1.14 bits per heavy atom. The van der Waals surface area contributed by atoms with Crippen LogP contribution in [-0.2, 0) is 4.79 Å². The van der Waals surface area contributed by atoms with Gasteiger partial charge in [0.25, 0.3) is 11.7 Å². The fourth-order valence-corrected chi connectivity index (χ4v) is 2.70. The molecule has 0 aliphatic rings. The lowest BCUT2D eigenvalue weighted by molar-refractivity contribution is -0.112. The highest BCUT2D eigenvalue weighted by atomic mass is 32.2. The van der Waals surface area contributed by atoms with Crippen LogP contribution in [0.2, 0.25) is 0 Å². The highest BCUT2D eigenvalue weighted by Crippen LogP contribution is 2.30. The Bertz CT molecular complexity index is 928. The van der Waals surface area contributed by atoms with Gasteiger partial charge in [0.1, 0.15) is 11.6 Å². The Hall–Kier alpha value is -3.19. The van der Waals surface area contributed by atoms with Crippen LogP contribution in [0, 0.1) is 11.3 Å². The third-order valence-electron chi connectivity index (χ3n) is 3.42. The average Bonchev–Trinajstić information content (AvgIpc) is 2.67. The summed E-state index contributed by atoms with van der Waals surface area (Å²) in [5, 5.41) is 11.7. The molecule has 0 bridgehead atoms. The first-order valence-corrected chi connectivity index (χ1v) is 8.81. The number of anilines is 1. The van der Waals surface area contributed by atoms with Crippen molar-refractivity contribution >= 4 is 29.4 Å². The standard InChI is InChI=1S/C19H14F4N2O3S/c1-27-15-7-2-11(9-16(15)28-18(20)21)8-12(10-24)17(26)25-13-3-5-14(6-4-13)29-19(22)23/h2-9,18-19H,1H3,(H,25,26)/b12-8+. The molecule has 0 unspecified atom stereocenters. The summed E-state index contributed by atoms with van der Waals surface area (Å²) in [4.78, 5) is 12.6. The predicted octanol–water partition coefficient (Wildman–Crippen LogP) is 5.16. The van der Waals surface area contributed by atoms with Crippen molar-refractivity contribution in [1.29, 1.82) is 5.26 Å². The van der Waals surface area contributed by atoms with Crippen molar-refractivity contribution < 1.29 is 31.8 Å². The highest BCUT2D eigenvalue weighted by Gasteiger charge is 2.14. The molecule has 0 saturated heterocycles. The Morgan fingerprint density at radius 3 is 2.38 bits per heavy atom. The van der Waals surface area contributed by atoms with Gasteiger partial charge in [-0.25, -0.2) is 0 Å². The van der Waals surface area contributed by atoms with E-state index < -0.39 is 18.3 Å². The molecule has 5 nitrogen and oxygen atoms in total. The van der Waals surface area contributed by atoms with Crippen molar-refractivity contribution in [2.75, 3.05) is 12.4 Å². The molecule has 0 spiro atoms. The van der Waals surface area contributed by atoms with Crippen LogP contribution in [-0.4, -0.2) is 25.4 Å². The number of halogens is 4. The van der Waals surface area contributed by atoms with E-state index in [2.05, 4.69) is 10.1 Å². The van der Waals surface area contributed by atoms with E-state index in [1.54, 1.807) is 6.07 Å². The number of hydrogen-bond donors (Lipinski definition) is 1. The van der Waals surface area contributed by atoms with Gasteiger partial charge in [0.2, 0.25) is 0 Å². The number of nitrogens with zero attached hydrogens (tertiary/aromatic N) is 1. The van der Waals surface area contributed by atoms with Crippen LogP contribution in [0.25, 0.3) is 6.08 Å². The van der Waals surface area contributed by atoms with Crippen LogP contribution in [0.4, 0.5) is 23.2 Å². The number of methoxy groups -OCH3 is 1. The molecule has 0 aliphatic heterocycles. The lowest BCUT2D eigenvalue weighted by atomic mass is 10.1. The molecule has 2 rings (SSSR count). The van der Waals surface area contributed by atoms with Crippen LogP contribution >= 0.6 is 11.8 Å². The molecular weight excluding hydrogens is 412 g/mol. The Kier molecular flexibility index (Phi) is 7.91. The summed E-state index contributed by atoms with van der Waals surface area (Å²) in [5.74, 6) is -3.51. The number of hydrogen-bond acceptors (Lipinski definition) is 5. The zero-order valence-electron chi connectivity index (χ0n) is 14.9. The summed E-state index contributed by atoms with van der Waals surface area (Å²) in [6.07, 6.45) is 1.19. The summed E-state index contributed by atoms with van der Waals surface area (Å²) < 4.78 is 59.0. The number of nitriles is 1. The SMILES string of the molecule is COc1ccc(/C=C(\C#N)C(=O)Nc2ccc(SC(F)F)cc2)cc1OC(F)F. The van der Waals surface area contributed by atoms with E-state index in [-0.39, 0.29) is 22.6 Å². The smallest absolute Gasteiger partial charge is 0.387 e. The van der Waals surface area contributed by atoms with Crippen molar-refractivity contribution in [3.05, 3.63) is 53.6 Å². The second-order valence-electron chi connectivity index (χ2n) is 5.32. The van der Waals surface area contributed by atoms with Crippen LogP contribution < -0.4 is 14.8 Å². The molecule has 2 aromatic rings. The van der Waals surface area contributed by atoms with Crippen molar-refractivity contribution in [3.8, 4) is 17.6 Å². The first-order valence-electron chi connectivity index (χ1n) is 7.93. The number of nitrogens with one attached hydrogen (secondary N) is 1. The molecule has 2 aromatic carbocycles. The van der Waals surface area contributed by atoms with Gasteiger partial charge in [-0.3, -0.25) is 4.79 Å². The van der Waals surface area contributed by atoms with Gasteiger partial charge in [-0.2, -0.15) is 22.8 Å². The molecule has 0 heterocycles. The molecule has 0 saturated carbocycles. The number of rotatable bonds is 8. The lowest BCUT2D eigenvalue weighted by Gasteiger charge is -2.10. The maximum atomic E-state index is 12.5. The quantitative estimate of drug-likeness (QED) is 0.273. The van der Waals surface area contributed by atoms with Crippen LogP contribution in [0.15, 0.2) is 52.9 Å². The molecule has 1 N–H and O–H groups in total. The minimum Gasteiger partial charge on any atom is -0.493 e. The molecule has 152 valence electrons. The monoisotopic (exact) mass is 426 g/mol. The second kappa shape index (κ2) is 10.4. The molecule has 0 atom stereocenters. The van der Waals surface area contributed by atoms with Gasteiger partial charge in [-0.1, -0.05) is 17.8 Å². The van der Waals surface area contributed by atoms with Gasteiger partial charge < -0.3 is 14.8 Å². The normalized spacial score (nSPS) is 11.3. The number of alkyl halides is 4. The van der Waals surface area contributed by atoms with Crippen LogP contribution in [0.5, 0.6) is 11.5 Å². The van der Waals surface area contributed by atoms with E-state index in [1.165, 1.54) is 55.7 Å². The largest absolute Gasteiger partial charge is 0.493 e. The van der Waals surface area contributed by atoms with Gasteiger partial charge >= 0.3 is 6.61 Å². The van der Waals surface area contributed by atoms with Gasteiger partial charge in [-0.15, -0.1) is 0 Å². The van der Waals surface area contributed by atoms with E-state index >= 15 is 0 Å². The van der Waals surface area contributed by atoms with Crippen molar-refractivity contribution in [2.45, 2.75) is 17.3 Å². The molecule has 0 fully saturated rings. The Balaban J connectivity index is 2.18. The van der Waals surface area contributed by atoms with E-state index in [4.69, 9.17) is 4.74 Å². The van der Waals surface area contributed by atoms with Crippen molar-refractivity contribution in [2.24, 2.45) is 0 Å². The van der Waals surface area contributed by atoms with Gasteiger partial charge in [0.05, 0.1) is 7.11 Å². The van der Waals surface area contributed by atoms with Crippen LogP contribution in [0.3, 0.4) is 0 Å². The molecular formula is C19H14F4N2O3S. The van der Waals surface area contributed by atoms with E-state index in [9.17, 15) is 27.6 Å². The maximum Gasteiger partial charge on any atom is 0.387 e. The molecule has 10 heteroatoms. The average molecular weight is 426 g/mol. The zero-order chi connectivity index (χ0) is 21.4.